The van der Waals surface area contributed by atoms with Crippen LogP contribution in [0.25, 0.3) is 0 Å². The smallest absolute Gasteiger partial charge is 0.308 e. The largest absolute Gasteiger partial charge is 0.330 e. The first-order valence-corrected chi connectivity index (χ1v) is 22.9. The summed E-state index contributed by atoms with van der Waals surface area (Å²) < 4.78 is 27.6. The molecule has 0 amide bonds. The fourth-order valence-corrected chi connectivity index (χ4v) is 8.96. The fourth-order valence-electron chi connectivity index (χ4n) is 7.22. The van der Waals surface area contributed by atoms with E-state index < -0.39 is 7.60 Å². The molecule has 0 aromatic rings. The fraction of sp³-hybridized carbons (Fsp3) is 1.00. The SMILES string of the molecule is CCCCCCCCC(CCCCCC)COP(=O)(CCCN1CCCCCC1)OCC(CCCCCC)CCCCCCCC. The zero-order valence-electron chi connectivity index (χ0n) is 32.0. The summed E-state index contributed by atoms with van der Waals surface area (Å²) in [6.45, 7) is 13.8. The minimum Gasteiger partial charge on any atom is -0.308 e. The van der Waals surface area contributed by atoms with Crippen LogP contribution in [-0.2, 0) is 13.6 Å². The molecule has 46 heavy (non-hydrogen) atoms. The molecule has 0 spiro atoms. The third-order valence-electron chi connectivity index (χ3n) is 10.5. The van der Waals surface area contributed by atoms with E-state index in [4.69, 9.17) is 9.05 Å². The maximum Gasteiger partial charge on any atom is 0.330 e. The second-order valence-electron chi connectivity index (χ2n) is 15.1. The summed E-state index contributed by atoms with van der Waals surface area (Å²) in [6.07, 6.45) is 38.0. The van der Waals surface area contributed by atoms with Gasteiger partial charge in [0.15, 0.2) is 0 Å². The topological polar surface area (TPSA) is 38.8 Å². The van der Waals surface area contributed by atoms with Crippen molar-refractivity contribution in [2.75, 3.05) is 39.0 Å². The van der Waals surface area contributed by atoms with Gasteiger partial charge in [-0.25, -0.2) is 0 Å². The Bertz CT molecular complexity index is 626. The first-order chi connectivity index (χ1) is 22.6. The summed E-state index contributed by atoms with van der Waals surface area (Å²) in [5, 5.41) is 0. The molecule has 276 valence electrons. The van der Waals surface area contributed by atoms with Gasteiger partial charge in [0.1, 0.15) is 0 Å². The summed E-state index contributed by atoms with van der Waals surface area (Å²) in [5.41, 5.74) is 0. The Morgan fingerprint density at radius 2 is 0.826 bits per heavy atom. The summed E-state index contributed by atoms with van der Waals surface area (Å²) >= 11 is 0. The van der Waals surface area contributed by atoms with Crippen LogP contribution in [0.1, 0.15) is 214 Å². The minimum atomic E-state index is -3.13. The van der Waals surface area contributed by atoms with Gasteiger partial charge in [0, 0.05) is 0 Å². The molecule has 1 aliphatic rings. The van der Waals surface area contributed by atoms with Gasteiger partial charge in [-0.1, -0.05) is 169 Å². The van der Waals surface area contributed by atoms with Crippen molar-refractivity contribution < 1.29 is 13.6 Å². The van der Waals surface area contributed by atoms with Crippen molar-refractivity contribution in [1.82, 2.24) is 4.90 Å². The van der Waals surface area contributed by atoms with Crippen LogP contribution >= 0.6 is 7.60 Å². The Morgan fingerprint density at radius 1 is 0.478 bits per heavy atom. The molecule has 0 N–H and O–H groups in total. The lowest BCUT2D eigenvalue weighted by Crippen LogP contribution is -2.26. The van der Waals surface area contributed by atoms with Gasteiger partial charge in [-0.3, -0.25) is 4.57 Å². The highest BCUT2D eigenvalue weighted by Crippen LogP contribution is 2.50. The van der Waals surface area contributed by atoms with E-state index in [1.54, 1.807) is 0 Å². The van der Waals surface area contributed by atoms with Crippen molar-refractivity contribution in [2.24, 2.45) is 11.8 Å². The van der Waals surface area contributed by atoms with Crippen molar-refractivity contribution >= 4 is 7.60 Å². The molecule has 0 radical (unpaired) electrons. The lowest BCUT2D eigenvalue weighted by Gasteiger charge is -2.26. The standard InChI is InChI=1S/C41H84NO3P/c1-5-9-13-17-19-25-32-40(30-23-15-11-7-3)38-44-46(43,37-29-36-42-34-27-21-22-28-35-42)45-39-41(31-24-16-12-8-4)33-26-20-18-14-10-6-2/h40-41H,5-39H2,1-4H3. The van der Waals surface area contributed by atoms with Crippen molar-refractivity contribution in [2.45, 2.75) is 214 Å². The van der Waals surface area contributed by atoms with Gasteiger partial charge in [0.2, 0.25) is 0 Å². The maximum absolute atomic E-state index is 14.5. The van der Waals surface area contributed by atoms with Crippen LogP contribution < -0.4 is 0 Å². The number of rotatable bonds is 34. The molecule has 1 saturated heterocycles. The first-order valence-electron chi connectivity index (χ1n) is 21.2. The molecule has 1 aliphatic heterocycles. The molecular weight excluding hydrogens is 585 g/mol. The molecule has 4 nitrogen and oxygen atoms in total. The van der Waals surface area contributed by atoms with Gasteiger partial charge in [-0.05, 0) is 76.4 Å². The Hall–Kier alpha value is 0.110. The van der Waals surface area contributed by atoms with Crippen molar-refractivity contribution in [3.05, 3.63) is 0 Å². The number of likely N-dealkylation sites (tertiary alicyclic amines) is 1. The van der Waals surface area contributed by atoms with E-state index in [2.05, 4.69) is 32.6 Å². The summed E-state index contributed by atoms with van der Waals surface area (Å²) in [5.74, 6) is 1.03. The van der Waals surface area contributed by atoms with E-state index in [1.165, 1.54) is 193 Å². The number of hydrogen-bond donors (Lipinski definition) is 0. The highest BCUT2D eigenvalue weighted by molar-refractivity contribution is 7.53. The quantitative estimate of drug-likeness (QED) is 0.0505. The highest BCUT2D eigenvalue weighted by Gasteiger charge is 2.28. The second kappa shape index (κ2) is 32.3. The Balaban J connectivity index is 2.83. The Kier molecular flexibility index (Phi) is 31.0. The second-order valence-corrected chi connectivity index (χ2v) is 17.3. The average molecular weight is 670 g/mol. The number of hydrogen-bond acceptors (Lipinski definition) is 4. The zero-order chi connectivity index (χ0) is 33.4. The van der Waals surface area contributed by atoms with Crippen LogP contribution in [0.15, 0.2) is 0 Å². The van der Waals surface area contributed by atoms with Gasteiger partial charge in [-0.15, -0.1) is 0 Å². The van der Waals surface area contributed by atoms with Crippen molar-refractivity contribution in [3.8, 4) is 0 Å². The van der Waals surface area contributed by atoms with E-state index in [-0.39, 0.29) is 0 Å². The molecule has 0 aromatic heterocycles. The lowest BCUT2D eigenvalue weighted by molar-refractivity contribution is 0.145. The molecule has 0 bridgehead atoms. The highest BCUT2D eigenvalue weighted by atomic mass is 31.2. The molecule has 5 heteroatoms. The minimum absolute atomic E-state index is 0.513. The molecule has 0 aromatic carbocycles. The van der Waals surface area contributed by atoms with Gasteiger partial charge in [-0.2, -0.15) is 0 Å². The van der Waals surface area contributed by atoms with Crippen molar-refractivity contribution in [3.63, 3.8) is 0 Å². The van der Waals surface area contributed by atoms with Gasteiger partial charge < -0.3 is 13.9 Å². The Morgan fingerprint density at radius 3 is 1.22 bits per heavy atom. The van der Waals surface area contributed by atoms with Crippen LogP contribution in [-0.4, -0.2) is 43.9 Å². The third kappa shape index (κ3) is 26.0. The summed E-state index contributed by atoms with van der Waals surface area (Å²) in [7, 11) is -3.13. The average Bonchev–Trinajstić information content (AvgIpc) is 3.34. The first kappa shape index (κ1) is 44.1. The molecule has 2 atom stereocenters. The van der Waals surface area contributed by atoms with Gasteiger partial charge in [0.25, 0.3) is 0 Å². The van der Waals surface area contributed by atoms with Crippen LogP contribution in [0.3, 0.4) is 0 Å². The van der Waals surface area contributed by atoms with Crippen LogP contribution in [0.5, 0.6) is 0 Å². The summed E-state index contributed by atoms with van der Waals surface area (Å²) in [4.78, 5) is 2.60. The van der Waals surface area contributed by atoms with Gasteiger partial charge >= 0.3 is 7.60 Å². The molecule has 2 unspecified atom stereocenters. The predicted molar refractivity (Wildman–Crippen MR) is 204 cm³/mol. The van der Waals surface area contributed by atoms with Gasteiger partial charge in [0.05, 0.1) is 19.4 Å². The molecule has 0 aliphatic carbocycles. The monoisotopic (exact) mass is 670 g/mol. The third-order valence-corrected chi connectivity index (χ3v) is 12.4. The molecule has 1 fully saturated rings. The van der Waals surface area contributed by atoms with E-state index in [1.807, 2.05) is 0 Å². The van der Waals surface area contributed by atoms with E-state index in [0.717, 1.165) is 13.0 Å². The molecule has 0 saturated carbocycles. The summed E-state index contributed by atoms with van der Waals surface area (Å²) in [6, 6.07) is 0. The predicted octanol–water partition coefficient (Wildman–Crippen LogP) is 14.2. The lowest BCUT2D eigenvalue weighted by atomic mass is 9.95. The van der Waals surface area contributed by atoms with Crippen LogP contribution in [0.4, 0.5) is 0 Å². The molecule has 1 heterocycles. The van der Waals surface area contributed by atoms with Crippen LogP contribution in [0.2, 0.25) is 0 Å². The van der Waals surface area contributed by atoms with Crippen LogP contribution in [0, 0.1) is 11.8 Å². The molecule has 1 rings (SSSR count). The van der Waals surface area contributed by atoms with Crippen molar-refractivity contribution in [1.29, 1.82) is 0 Å². The normalized spacial score (nSPS) is 17.1. The zero-order valence-corrected chi connectivity index (χ0v) is 32.9. The maximum atomic E-state index is 14.5. The number of nitrogens with zero attached hydrogens (tertiary/aromatic N) is 1. The Labute approximate surface area is 290 Å². The number of unbranched alkanes of at least 4 members (excludes halogenated alkanes) is 16. The van der Waals surface area contributed by atoms with E-state index >= 15 is 0 Å². The van der Waals surface area contributed by atoms with E-state index in [9.17, 15) is 4.57 Å². The molecular formula is C41H84NO3P. The van der Waals surface area contributed by atoms with E-state index in [0.29, 0.717) is 31.2 Å².